The molecule has 206 valence electrons. The van der Waals surface area contributed by atoms with Crippen LogP contribution in [0, 0.1) is 5.92 Å². The van der Waals surface area contributed by atoms with Gasteiger partial charge in [0.05, 0.1) is 25.0 Å². The van der Waals surface area contributed by atoms with Crippen LogP contribution in [-0.2, 0) is 9.53 Å². The van der Waals surface area contributed by atoms with Crippen molar-refractivity contribution in [3.05, 3.63) is 66.1 Å². The van der Waals surface area contributed by atoms with Gasteiger partial charge in [-0.15, -0.1) is 0 Å². The number of H-pyrrole nitrogens is 1. The van der Waals surface area contributed by atoms with E-state index in [1.165, 1.54) is 55.9 Å². The Hall–Kier alpha value is -3.61. The van der Waals surface area contributed by atoms with Crippen LogP contribution in [0.2, 0.25) is 0 Å². The Morgan fingerprint density at radius 2 is 1.56 bits per heavy atom. The van der Waals surface area contributed by atoms with Gasteiger partial charge in [-0.3, -0.25) is 4.79 Å². The van der Waals surface area contributed by atoms with E-state index in [1.54, 1.807) is 0 Å². The summed E-state index contributed by atoms with van der Waals surface area (Å²) in [7, 11) is 1.31. The lowest BCUT2D eigenvalue weighted by atomic mass is 9.84. The van der Waals surface area contributed by atoms with Crippen LogP contribution in [0.4, 0.5) is 4.79 Å². The number of nitrogens with one attached hydrogen (secondary N) is 2. The standard InChI is InChI=1S/C32H40N4O3/c1-21(2)29(35-32(38)39-3)31(37)36-19-7-10-28(36)30-33-20-27(34-30)26-17-15-25(16-18-26)24-13-11-23(12-14-24)22-8-5-4-6-9-22/h11-18,20-22,28-29H,4-10,19H2,1-3H3,(H,33,34)(H,35,38)/t28-,29-/m0/s1. The molecule has 7 heteroatoms. The second-order valence-electron chi connectivity index (χ2n) is 11.3. The predicted molar refractivity (Wildman–Crippen MR) is 153 cm³/mol. The molecule has 0 spiro atoms. The quantitative estimate of drug-likeness (QED) is 0.352. The van der Waals surface area contributed by atoms with Gasteiger partial charge >= 0.3 is 6.09 Å². The number of ether oxygens (including phenoxy) is 1. The number of benzene rings is 2. The number of imidazole rings is 1. The highest BCUT2D eigenvalue weighted by Gasteiger charge is 2.37. The molecule has 1 aliphatic carbocycles. The number of alkyl carbamates (subject to hydrolysis) is 1. The molecule has 1 aliphatic heterocycles. The minimum atomic E-state index is -0.642. The maximum Gasteiger partial charge on any atom is 0.407 e. The summed E-state index contributed by atoms with van der Waals surface area (Å²) in [6.45, 7) is 4.48. The third-order valence-corrected chi connectivity index (χ3v) is 8.35. The highest BCUT2D eigenvalue weighted by atomic mass is 16.5. The molecule has 0 unspecified atom stereocenters. The van der Waals surface area contributed by atoms with Crippen molar-refractivity contribution in [2.24, 2.45) is 5.92 Å². The molecule has 2 aromatic carbocycles. The summed E-state index contributed by atoms with van der Waals surface area (Å²) in [6, 6.07) is 16.9. The fraction of sp³-hybridized carbons (Fsp3) is 0.469. The number of hydrogen-bond donors (Lipinski definition) is 2. The molecule has 5 rings (SSSR count). The van der Waals surface area contributed by atoms with Crippen molar-refractivity contribution in [3.8, 4) is 22.4 Å². The third-order valence-electron chi connectivity index (χ3n) is 8.35. The van der Waals surface area contributed by atoms with E-state index in [-0.39, 0.29) is 17.9 Å². The highest BCUT2D eigenvalue weighted by Crippen LogP contribution is 2.35. The lowest BCUT2D eigenvalue weighted by molar-refractivity contribution is -0.135. The van der Waals surface area contributed by atoms with Crippen LogP contribution in [-0.4, -0.2) is 46.6 Å². The van der Waals surface area contributed by atoms with E-state index in [1.807, 2.05) is 24.9 Å². The average molecular weight is 529 g/mol. The van der Waals surface area contributed by atoms with Gasteiger partial charge in [0.25, 0.3) is 0 Å². The van der Waals surface area contributed by atoms with E-state index in [0.717, 1.165) is 35.8 Å². The van der Waals surface area contributed by atoms with Crippen LogP contribution in [0.1, 0.15) is 82.1 Å². The molecule has 1 saturated heterocycles. The zero-order chi connectivity index (χ0) is 27.4. The minimum absolute atomic E-state index is 0.0630. The largest absolute Gasteiger partial charge is 0.453 e. The maximum absolute atomic E-state index is 13.4. The van der Waals surface area contributed by atoms with Crippen LogP contribution < -0.4 is 5.32 Å². The van der Waals surface area contributed by atoms with Gasteiger partial charge in [-0.1, -0.05) is 81.6 Å². The molecule has 2 aliphatic rings. The number of carbonyl (C=O) groups excluding carboxylic acids is 2. The van der Waals surface area contributed by atoms with Gasteiger partial charge in [-0.05, 0) is 59.8 Å². The fourth-order valence-corrected chi connectivity index (χ4v) is 6.07. The summed E-state index contributed by atoms with van der Waals surface area (Å²) in [5, 5.41) is 2.70. The number of methoxy groups -OCH3 is 1. The lowest BCUT2D eigenvalue weighted by Crippen LogP contribution is -2.51. The van der Waals surface area contributed by atoms with Crippen LogP contribution in [0.15, 0.2) is 54.7 Å². The van der Waals surface area contributed by atoms with E-state index in [2.05, 4.69) is 63.8 Å². The normalized spacial score (nSPS) is 18.8. The summed E-state index contributed by atoms with van der Waals surface area (Å²) >= 11 is 0. The van der Waals surface area contributed by atoms with Crippen molar-refractivity contribution in [2.75, 3.05) is 13.7 Å². The Labute approximate surface area is 231 Å². The van der Waals surface area contributed by atoms with Crippen molar-refractivity contribution in [1.82, 2.24) is 20.2 Å². The van der Waals surface area contributed by atoms with E-state index < -0.39 is 12.1 Å². The van der Waals surface area contributed by atoms with E-state index in [4.69, 9.17) is 4.74 Å². The first-order valence-corrected chi connectivity index (χ1v) is 14.3. The summed E-state index contributed by atoms with van der Waals surface area (Å²) in [5.41, 5.74) is 5.88. The number of amides is 2. The Bertz CT molecular complexity index is 1260. The fourth-order valence-electron chi connectivity index (χ4n) is 6.07. The van der Waals surface area contributed by atoms with Crippen LogP contribution in [0.5, 0.6) is 0 Å². The van der Waals surface area contributed by atoms with Gasteiger partial charge in [0.2, 0.25) is 5.91 Å². The Morgan fingerprint density at radius 3 is 2.21 bits per heavy atom. The monoisotopic (exact) mass is 528 g/mol. The molecule has 3 aromatic rings. The Balaban J connectivity index is 1.27. The number of carbonyl (C=O) groups is 2. The number of aromatic amines is 1. The van der Waals surface area contributed by atoms with Gasteiger partial charge in [0.1, 0.15) is 11.9 Å². The van der Waals surface area contributed by atoms with Crippen molar-refractivity contribution >= 4 is 12.0 Å². The molecule has 1 saturated carbocycles. The lowest BCUT2D eigenvalue weighted by Gasteiger charge is -2.30. The first-order chi connectivity index (χ1) is 18.9. The third kappa shape index (κ3) is 6.02. The molecule has 1 aromatic heterocycles. The Morgan fingerprint density at radius 1 is 0.923 bits per heavy atom. The molecule has 7 nitrogen and oxygen atoms in total. The van der Waals surface area contributed by atoms with Crippen molar-refractivity contribution < 1.29 is 14.3 Å². The molecule has 0 radical (unpaired) electrons. The molecule has 39 heavy (non-hydrogen) atoms. The van der Waals surface area contributed by atoms with Gasteiger partial charge < -0.3 is 19.9 Å². The van der Waals surface area contributed by atoms with Gasteiger partial charge in [-0.25, -0.2) is 9.78 Å². The van der Waals surface area contributed by atoms with Crippen molar-refractivity contribution in [3.63, 3.8) is 0 Å². The molecule has 2 heterocycles. The number of likely N-dealkylation sites (tertiary alicyclic amines) is 1. The van der Waals surface area contributed by atoms with Gasteiger partial charge in [0.15, 0.2) is 0 Å². The number of nitrogens with zero attached hydrogens (tertiary/aromatic N) is 2. The van der Waals surface area contributed by atoms with E-state index >= 15 is 0 Å². The first-order valence-electron chi connectivity index (χ1n) is 14.3. The number of aromatic nitrogens is 2. The second-order valence-corrected chi connectivity index (χ2v) is 11.3. The molecule has 2 fully saturated rings. The summed E-state index contributed by atoms with van der Waals surface area (Å²) < 4.78 is 4.73. The van der Waals surface area contributed by atoms with Crippen LogP contribution in [0.25, 0.3) is 22.4 Å². The first kappa shape index (κ1) is 27.0. The predicted octanol–water partition coefficient (Wildman–Crippen LogP) is 6.84. The van der Waals surface area contributed by atoms with Gasteiger partial charge in [-0.2, -0.15) is 0 Å². The number of rotatable bonds is 7. The highest BCUT2D eigenvalue weighted by molar-refractivity contribution is 5.86. The van der Waals surface area contributed by atoms with Crippen molar-refractivity contribution in [1.29, 1.82) is 0 Å². The molecule has 2 amide bonds. The molecule has 0 bridgehead atoms. The van der Waals surface area contributed by atoms with Crippen molar-refractivity contribution in [2.45, 2.75) is 76.8 Å². The molecule has 2 atom stereocenters. The zero-order valence-corrected chi connectivity index (χ0v) is 23.3. The van der Waals surface area contributed by atoms with Crippen LogP contribution in [0.3, 0.4) is 0 Å². The molecular formula is C32H40N4O3. The zero-order valence-electron chi connectivity index (χ0n) is 23.3. The topological polar surface area (TPSA) is 87.3 Å². The molecular weight excluding hydrogens is 488 g/mol. The summed E-state index contributed by atoms with van der Waals surface area (Å²) in [5.74, 6) is 1.33. The second kappa shape index (κ2) is 12.1. The van der Waals surface area contributed by atoms with Crippen LogP contribution >= 0.6 is 0 Å². The van der Waals surface area contributed by atoms with Gasteiger partial charge in [0, 0.05) is 6.54 Å². The molecule has 2 N–H and O–H groups in total. The summed E-state index contributed by atoms with van der Waals surface area (Å²) in [6.07, 6.45) is 9.68. The smallest absolute Gasteiger partial charge is 0.407 e. The average Bonchev–Trinajstić information content (AvgIpc) is 3.66. The Kier molecular flexibility index (Phi) is 8.34. The number of hydrogen-bond acceptors (Lipinski definition) is 4. The van der Waals surface area contributed by atoms with E-state index in [0.29, 0.717) is 6.54 Å². The minimum Gasteiger partial charge on any atom is -0.453 e. The van der Waals surface area contributed by atoms with E-state index in [9.17, 15) is 9.59 Å². The SMILES string of the molecule is COC(=O)N[C@H](C(=O)N1CCC[C@H]1c1ncc(-c2ccc(-c3ccc(C4CCCCC4)cc3)cc2)[nH]1)C(C)C. The summed E-state index contributed by atoms with van der Waals surface area (Å²) in [4.78, 5) is 35.2. The maximum atomic E-state index is 13.4.